The molecule has 0 bridgehead atoms. The Morgan fingerprint density at radius 2 is 1.83 bits per heavy atom. The lowest BCUT2D eigenvalue weighted by Crippen LogP contribution is -2.25. The van der Waals surface area contributed by atoms with Crippen molar-refractivity contribution in [3.63, 3.8) is 0 Å². The molecule has 7 nitrogen and oxygen atoms in total. The Bertz CT molecular complexity index is 327. The van der Waals surface area contributed by atoms with E-state index in [1.165, 1.54) is 13.3 Å². The van der Waals surface area contributed by atoms with Crippen molar-refractivity contribution in [3.05, 3.63) is 0 Å². The van der Waals surface area contributed by atoms with E-state index >= 15 is 0 Å². The predicted octanol–water partition coefficient (Wildman–Crippen LogP) is 0.337. The molecule has 102 valence electrons. The van der Waals surface area contributed by atoms with E-state index in [1.54, 1.807) is 13.8 Å². The van der Waals surface area contributed by atoms with Crippen LogP contribution in [0.2, 0.25) is 0 Å². The fourth-order valence-electron chi connectivity index (χ4n) is 0.902. The number of ether oxygens (including phenoxy) is 2. The summed E-state index contributed by atoms with van der Waals surface area (Å²) in [7, 11) is 1.40. The maximum Gasteiger partial charge on any atom is 0.315 e. The van der Waals surface area contributed by atoms with Crippen LogP contribution in [0.1, 0.15) is 26.7 Å². The minimum atomic E-state index is -0.595. The van der Waals surface area contributed by atoms with Crippen molar-refractivity contribution in [1.82, 2.24) is 5.01 Å². The molecule has 0 aliphatic heterocycles. The number of amides is 1. The van der Waals surface area contributed by atoms with E-state index in [9.17, 15) is 14.4 Å². The van der Waals surface area contributed by atoms with E-state index < -0.39 is 11.9 Å². The lowest BCUT2D eigenvalue weighted by atomic mass is 10.4. The van der Waals surface area contributed by atoms with Gasteiger partial charge in [0, 0.05) is 13.5 Å². The van der Waals surface area contributed by atoms with Crippen molar-refractivity contribution in [2.24, 2.45) is 5.10 Å². The highest BCUT2D eigenvalue weighted by atomic mass is 16.5. The fraction of sp³-hybridized carbons (Fsp3) is 0.636. The molecule has 0 N–H and O–H groups in total. The monoisotopic (exact) mass is 258 g/mol. The van der Waals surface area contributed by atoms with E-state index in [-0.39, 0.29) is 32.0 Å². The van der Waals surface area contributed by atoms with Crippen LogP contribution in [0.3, 0.4) is 0 Å². The number of hydrazone groups is 1. The third-order valence-corrected chi connectivity index (χ3v) is 1.82. The summed E-state index contributed by atoms with van der Waals surface area (Å²) in [6.07, 6.45) is 1.19. The van der Waals surface area contributed by atoms with Gasteiger partial charge in [-0.15, -0.1) is 0 Å². The largest absolute Gasteiger partial charge is 0.466 e. The van der Waals surface area contributed by atoms with Crippen LogP contribution in [0, 0.1) is 0 Å². The number of rotatable bonds is 7. The molecule has 0 atom stereocenters. The van der Waals surface area contributed by atoms with Gasteiger partial charge in [-0.1, -0.05) is 6.92 Å². The predicted molar refractivity (Wildman–Crippen MR) is 63.8 cm³/mol. The molecule has 0 aliphatic rings. The Kier molecular flexibility index (Phi) is 8.17. The molecule has 0 radical (unpaired) electrons. The molecule has 0 aromatic carbocycles. The summed E-state index contributed by atoms with van der Waals surface area (Å²) in [6, 6.07) is 0. The van der Waals surface area contributed by atoms with Crippen molar-refractivity contribution in [2.45, 2.75) is 26.7 Å². The first-order valence-corrected chi connectivity index (χ1v) is 5.61. The number of hydrogen-bond acceptors (Lipinski definition) is 6. The quantitative estimate of drug-likeness (QED) is 0.284. The molecule has 0 aliphatic carbocycles. The van der Waals surface area contributed by atoms with Gasteiger partial charge in [0.1, 0.15) is 13.0 Å². The molecule has 1 amide bonds. The third-order valence-electron chi connectivity index (χ3n) is 1.82. The SMILES string of the molecule is CCOC(=O)CC(=O)N(C)N=CCOC(=O)CC. The molecule has 0 fully saturated rings. The van der Waals surface area contributed by atoms with Crippen LogP contribution in [0.25, 0.3) is 0 Å². The molecular formula is C11H18N2O5. The van der Waals surface area contributed by atoms with E-state index in [0.29, 0.717) is 0 Å². The van der Waals surface area contributed by atoms with Gasteiger partial charge in [-0.05, 0) is 6.92 Å². The van der Waals surface area contributed by atoms with Crippen LogP contribution in [0.15, 0.2) is 5.10 Å². The van der Waals surface area contributed by atoms with Gasteiger partial charge in [0.2, 0.25) is 0 Å². The van der Waals surface area contributed by atoms with Gasteiger partial charge in [-0.2, -0.15) is 5.10 Å². The molecule has 0 saturated heterocycles. The first-order valence-electron chi connectivity index (χ1n) is 5.61. The minimum Gasteiger partial charge on any atom is -0.466 e. The average molecular weight is 258 g/mol. The zero-order chi connectivity index (χ0) is 14.0. The summed E-state index contributed by atoms with van der Waals surface area (Å²) in [5.41, 5.74) is 0. The molecule has 0 spiro atoms. The number of nitrogens with zero attached hydrogens (tertiary/aromatic N) is 2. The zero-order valence-electron chi connectivity index (χ0n) is 10.8. The summed E-state index contributed by atoms with van der Waals surface area (Å²) in [4.78, 5) is 33.2. The second-order valence-corrected chi connectivity index (χ2v) is 3.23. The van der Waals surface area contributed by atoms with Gasteiger partial charge >= 0.3 is 11.9 Å². The van der Waals surface area contributed by atoms with Crippen molar-refractivity contribution >= 4 is 24.1 Å². The molecule has 0 rings (SSSR count). The molecule has 0 unspecified atom stereocenters. The van der Waals surface area contributed by atoms with Crippen LogP contribution >= 0.6 is 0 Å². The Morgan fingerprint density at radius 1 is 1.17 bits per heavy atom. The Balaban J connectivity index is 3.96. The van der Waals surface area contributed by atoms with Gasteiger partial charge in [0.15, 0.2) is 0 Å². The van der Waals surface area contributed by atoms with Crippen LogP contribution in [0.4, 0.5) is 0 Å². The number of carbonyl (C=O) groups is 3. The summed E-state index contributed by atoms with van der Waals surface area (Å²) >= 11 is 0. The van der Waals surface area contributed by atoms with Gasteiger partial charge in [-0.25, -0.2) is 5.01 Å². The number of hydrogen-bond donors (Lipinski definition) is 0. The van der Waals surface area contributed by atoms with Crippen molar-refractivity contribution in [1.29, 1.82) is 0 Å². The Hall–Kier alpha value is -1.92. The highest BCUT2D eigenvalue weighted by Gasteiger charge is 2.13. The van der Waals surface area contributed by atoms with Gasteiger partial charge in [0.25, 0.3) is 5.91 Å². The highest BCUT2D eigenvalue weighted by Crippen LogP contribution is 1.94. The maximum atomic E-state index is 11.4. The second-order valence-electron chi connectivity index (χ2n) is 3.23. The van der Waals surface area contributed by atoms with E-state index in [4.69, 9.17) is 4.74 Å². The Labute approximate surface area is 106 Å². The number of carbonyl (C=O) groups excluding carboxylic acids is 3. The molecule has 0 saturated carbocycles. The average Bonchev–Trinajstić information content (AvgIpc) is 2.34. The van der Waals surface area contributed by atoms with E-state index in [0.717, 1.165) is 5.01 Å². The fourth-order valence-corrected chi connectivity index (χ4v) is 0.902. The molecule has 0 aromatic heterocycles. The molecule has 7 heteroatoms. The highest BCUT2D eigenvalue weighted by molar-refractivity contribution is 5.94. The van der Waals surface area contributed by atoms with Crippen LogP contribution in [0.5, 0.6) is 0 Å². The lowest BCUT2D eigenvalue weighted by Gasteiger charge is -2.10. The molecule has 0 heterocycles. The van der Waals surface area contributed by atoms with Crippen LogP contribution in [-0.2, 0) is 23.9 Å². The van der Waals surface area contributed by atoms with Gasteiger partial charge < -0.3 is 9.47 Å². The van der Waals surface area contributed by atoms with Crippen molar-refractivity contribution in [2.75, 3.05) is 20.3 Å². The zero-order valence-corrected chi connectivity index (χ0v) is 10.8. The summed E-state index contributed by atoms with van der Waals surface area (Å²) in [5.74, 6) is -1.43. The van der Waals surface area contributed by atoms with Gasteiger partial charge in [-0.3, -0.25) is 14.4 Å². The molecule has 18 heavy (non-hydrogen) atoms. The number of esters is 2. The topological polar surface area (TPSA) is 85.3 Å². The summed E-state index contributed by atoms with van der Waals surface area (Å²) in [6.45, 7) is 3.55. The van der Waals surface area contributed by atoms with Crippen molar-refractivity contribution < 1.29 is 23.9 Å². The first kappa shape index (κ1) is 16.1. The standard InChI is InChI=1S/C11H18N2O5/c1-4-10(15)18-7-6-12-13(3)9(14)8-11(16)17-5-2/h6H,4-5,7-8H2,1-3H3. The van der Waals surface area contributed by atoms with Crippen molar-refractivity contribution in [3.8, 4) is 0 Å². The Morgan fingerprint density at radius 3 is 2.39 bits per heavy atom. The van der Waals surface area contributed by atoms with E-state index in [1.807, 2.05) is 0 Å². The summed E-state index contributed by atoms with van der Waals surface area (Å²) in [5, 5.41) is 4.71. The second kappa shape index (κ2) is 9.15. The molecule has 0 aromatic rings. The molecular weight excluding hydrogens is 240 g/mol. The minimum absolute atomic E-state index is 0.0102. The lowest BCUT2D eigenvalue weighted by molar-refractivity contribution is -0.148. The smallest absolute Gasteiger partial charge is 0.315 e. The summed E-state index contributed by atoms with van der Waals surface area (Å²) < 4.78 is 9.35. The van der Waals surface area contributed by atoms with Crippen LogP contribution in [-0.4, -0.2) is 49.3 Å². The third kappa shape index (κ3) is 7.37. The first-order chi connectivity index (χ1) is 8.51. The normalized spacial score (nSPS) is 10.2. The van der Waals surface area contributed by atoms with Crippen LogP contribution < -0.4 is 0 Å². The van der Waals surface area contributed by atoms with Gasteiger partial charge in [0.05, 0.1) is 12.8 Å². The maximum absolute atomic E-state index is 11.4. The van der Waals surface area contributed by atoms with E-state index in [2.05, 4.69) is 9.84 Å².